The molecule has 2 aromatic carbocycles. The van der Waals surface area contributed by atoms with Crippen LogP contribution in [0.4, 0.5) is 5.69 Å². The number of rotatable bonds is 7. The molecule has 2 aromatic rings. The van der Waals surface area contributed by atoms with Crippen molar-refractivity contribution in [2.45, 2.75) is 19.0 Å². The SMILES string of the molecule is C[C@H](N)C(=O)Nc1ccc(-c2ccc(C(=O)N[C@@H](CN)C(=O)NO)cc2)cc1. The lowest BCUT2D eigenvalue weighted by Gasteiger charge is -2.14. The van der Waals surface area contributed by atoms with E-state index in [2.05, 4.69) is 10.6 Å². The summed E-state index contributed by atoms with van der Waals surface area (Å²) in [4.78, 5) is 35.2. The normalized spacial score (nSPS) is 12.6. The zero-order valence-corrected chi connectivity index (χ0v) is 15.3. The van der Waals surface area contributed by atoms with E-state index in [0.29, 0.717) is 11.3 Å². The van der Waals surface area contributed by atoms with Crippen molar-refractivity contribution in [3.05, 3.63) is 54.1 Å². The number of amides is 3. The molecule has 0 radical (unpaired) electrons. The second-order valence-electron chi connectivity index (χ2n) is 6.17. The first-order valence-corrected chi connectivity index (χ1v) is 8.57. The zero-order valence-electron chi connectivity index (χ0n) is 15.3. The van der Waals surface area contributed by atoms with Crippen molar-refractivity contribution in [2.24, 2.45) is 11.5 Å². The number of carbonyl (C=O) groups is 3. The summed E-state index contributed by atoms with van der Waals surface area (Å²) < 4.78 is 0. The maximum Gasteiger partial charge on any atom is 0.267 e. The first kappa shape index (κ1) is 21.0. The Hall–Kier alpha value is -3.27. The Labute approximate surface area is 162 Å². The third kappa shape index (κ3) is 5.36. The Morgan fingerprint density at radius 1 is 0.964 bits per heavy atom. The highest BCUT2D eigenvalue weighted by molar-refractivity contribution is 5.98. The number of anilines is 1. The first-order valence-electron chi connectivity index (χ1n) is 8.57. The molecule has 2 rings (SSSR count). The van der Waals surface area contributed by atoms with Crippen molar-refractivity contribution in [3.63, 3.8) is 0 Å². The Morgan fingerprint density at radius 2 is 1.50 bits per heavy atom. The first-order chi connectivity index (χ1) is 13.3. The second-order valence-corrected chi connectivity index (χ2v) is 6.17. The van der Waals surface area contributed by atoms with Gasteiger partial charge in [0.15, 0.2) is 0 Å². The molecule has 0 aliphatic heterocycles. The Bertz CT molecular complexity index is 834. The van der Waals surface area contributed by atoms with E-state index in [1.54, 1.807) is 43.3 Å². The van der Waals surface area contributed by atoms with E-state index in [1.807, 2.05) is 12.1 Å². The molecule has 8 N–H and O–H groups in total. The van der Waals surface area contributed by atoms with Crippen molar-refractivity contribution >= 4 is 23.4 Å². The molecule has 0 aliphatic rings. The van der Waals surface area contributed by atoms with Gasteiger partial charge in [0.25, 0.3) is 11.8 Å². The van der Waals surface area contributed by atoms with Crippen LogP contribution < -0.4 is 27.6 Å². The van der Waals surface area contributed by atoms with E-state index in [0.717, 1.165) is 11.1 Å². The smallest absolute Gasteiger partial charge is 0.267 e. The minimum absolute atomic E-state index is 0.151. The van der Waals surface area contributed by atoms with E-state index >= 15 is 0 Å². The lowest BCUT2D eigenvalue weighted by atomic mass is 10.0. The van der Waals surface area contributed by atoms with Crippen molar-refractivity contribution < 1.29 is 19.6 Å². The summed E-state index contributed by atoms with van der Waals surface area (Å²) in [6.07, 6.45) is 0. The van der Waals surface area contributed by atoms with Gasteiger partial charge in [-0.1, -0.05) is 24.3 Å². The topological polar surface area (TPSA) is 160 Å². The van der Waals surface area contributed by atoms with E-state index in [4.69, 9.17) is 16.7 Å². The minimum Gasteiger partial charge on any atom is -0.339 e. The van der Waals surface area contributed by atoms with Crippen LogP contribution in [0.25, 0.3) is 11.1 Å². The predicted octanol–water partition coefficient (Wildman–Crippen LogP) is 0.202. The summed E-state index contributed by atoms with van der Waals surface area (Å²) in [6, 6.07) is 12.3. The molecule has 0 heterocycles. The average molecular weight is 385 g/mol. The van der Waals surface area contributed by atoms with Crippen LogP contribution >= 0.6 is 0 Å². The maximum absolute atomic E-state index is 12.2. The number of hydrogen-bond acceptors (Lipinski definition) is 6. The van der Waals surface area contributed by atoms with Crippen LogP contribution in [0.1, 0.15) is 17.3 Å². The van der Waals surface area contributed by atoms with Gasteiger partial charge in [0.2, 0.25) is 5.91 Å². The highest BCUT2D eigenvalue weighted by atomic mass is 16.5. The van der Waals surface area contributed by atoms with E-state index in [1.165, 1.54) is 5.48 Å². The number of hydroxylamine groups is 1. The highest BCUT2D eigenvalue weighted by Crippen LogP contribution is 2.22. The summed E-state index contributed by atoms with van der Waals surface area (Å²) in [5, 5.41) is 13.8. The predicted molar refractivity (Wildman–Crippen MR) is 104 cm³/mol. The van der Waals surface area contributed by atoms with E-state index in [-0.39, 0.29) is 12.5 Å². The van der Waals surface area contributed by atoms with Gasteiger partial charge in [-0.05, 0) is 42.3 Å². The fraction of sp³-hybridized carbons (Fsp3) is 0.211. The number of hydrogen-bond donors (Lipinski definition) is 6. The maximum atomic E-state index is 12.2. The van der Waals surface area contributed by atoms with Gasteiger partial charge < -0.3 is 22.1 Å². The standard InChI is InChI=1S/C19H23N5O4/c1-11(21)17(25)22-15-8-6-13(7-9-15)12-2-4-14(5-3-12)18(26)23-16(10-20)19(27)24-28/h2-9,11,16,28H,10,20-21H2,1H3,(H,22,25)(H,23,26)(H,24,27)/t11-,16-/m0/s1. The molecular weight excluding hydrogens is 362 g/mol. The summed E-state index contributed by atoms with van der Waals surface area (Å²) in [7, 11) is 0. The molecule has 0 saturated heterocycles. The van der Waals surface area contributed by atoms with Crippen LogP contribution in [-0.2, 0) is 9.59 Å². The van der Waals surface area contributed by atoms with Gasteiger partial charge in [0, 0.05) is 17.8 Å². The summed E-state index contributed by atoms with van der Waals surface area (Å²) in [6.45, 7) is 1.45. The molecule has 0 fully saturated rings. The van der Waals surface area contributed by atoms with Crippen LogP contribution in [0.3, 0.4) is 0 Å². The third-order valence-electron chi connectivity index (χ3n) is 4.01. The van der Waals surface area contributed by atoms with Crippen molar-refractivity contribution in [2.75, 3.05) is 11.9 Å². The van der Waals surface area contributed by atoms with Gasteiger partial charge >= 0.3 is 0 Å². The van der Waals surface area contributed by atoms with Gasteiger partial charge in [-0.3, -0.25) is 19.6 Å². The third-order valence-corrected chi connectivity index (χ3v) is 4.01. The molecule has 0 aliphatic carbocycles. The molecule has 0 saturated carbocycles. The Kier molecular flexibility index (Phi) is 7.21. The minimum atomic E-state index is -1.03. The molecule has 0 aromatic heterocycles. The van der Waals surface area contributed by atoms with Gasteiger partial charge in [-0.15, -0.1) is 0 Å². The largest absolute Gasteiger partial charge is 0.339 e. The van der Waals surface area contributed by atoms with Crippen molar-refractivity contribution in [1.29, 1.82) is 0 Å². The monoisotopic (exact) mass is 385 g/mol. The fourth-order valence-electron chi connectivity index (χ4n) is 2.37. The quantitative estimate of drug-likeness (QED) is 0.295. The van der Waals surface area contributed by atoms with Gasteiger partial charge in [0.05, 0.1) is 6.04 Å². The molecule has 28 heavy (non-hydrogen) atoms. The molecular formula is C19H23N5O4. The Morgan fingerprint density at radius 3 is 1.96 bits per heavy atom. The fourth-order valence-corrected chi connectivity index (χ4v) is 2.37. The molecule has 3 amide bonds. The van der Waals surface area contributed by atoms with E-state index in [9.17, 15) is 14.4 Å². The molecule has 0 unspecified atom stereocenters. The van der Waals surface area contributed by atoms with E-state index < -0.39 is 23.9 Å². The van der Waals surface area contributed by atoms with Gasteiger partial charge in [-0.25, -0.2) is 5.48 Å². The molecule has 9 heteroatoms. The summed E-state index contributed by atoms with van der Waals surface area (Å²) in [5.74, 6) is -1.54. The van der Waals surface area contributed by atoms with Crippen molar-refractivity contribution in [3.8, 4) is 11.1 Å². The van der Waals surface area contributed by atoms with Gasteiger partial charge in [-0.2, -0.15) is 0 Å². The van der Waals surface area contributed by atoms with Crippen LogP contribution in [0.5, 0.6) is 0 Å². The lowest BCUT2D eigenvalue weighted by Crippen LogP contribution is -2.50. The molecule has 0 spiro atoms. The van der Waals surface area contributed by atoms with Crippen LogP contribution in [0, 0.1) is 0 Å². The number of nitrogens with two attached hydrogens (primary N) is 2. The number of benzene rings is 2. The highest BCUT2D eigenvalue weighted by Gasteiger charge is 2.19. The van der Waals surface area contributed by atoms with Crippen LogP contribution in [-0.4, -0.2) is 41.6 Å². The van der Waals surface area contributed by atoms with Crippen molar-refractivity contribution in [1.82, 2.24) is 10.8 Å². The average Bonchev–Trinajstić information content (AvgIpc) is 2.71. The lowest BCUT2D eigenvalue weighted by molar-refractivity contribution is -0.130. The number of carbonyl (C=O) groups excluding carboxylic acids is 3. The summed E-state index contributed by atoms with van der Waals surface area (Å²) >= 11 is 0. The summed E-state index contributed by atoms with van der Waals surface area (Å²) in [5.41, 5.74) is 15.1. The van der Waals surface area contributed by atoms with Crippen LogP contribution in [0.2, 0.25) is 0 Å². The zero-order chi connectivity index (χ0) is 20.7. The molecule has 9 nitrogen and oxygen atoms in total. The second kappa shape index (κ2) is 9.60. The number of nitrogens with one attached hydrogen (secondary N) is 3. The Balaban J connectivity index is 2.06. The molecule has 0 bridgehead atoms. The van der Waals surface area contributed by atoms with Crippen LogP contribution in [0.15, 0.2) is 48.5 Å². The molecule has 148 valence electrons. The molecule has 2 atom stereocenters. The van der Waals surface area contributed by atoms with Gasteiger partial charge in [0.1, 0.15) is 6.04 Å².